The van der Waals surface area contributed by atoms with Gasteiger partial charge in [-0.1, -0.05) is 30.3 Å². The summed E-state index contributed by atoms with van der Waals surface area (Å²) in [5.74, 6) is 0.715. The van der Waals surface area contributed by atoms with Crippen molar-refractivity contribution in [2.45, 2.75) is 23.9 Å². The number of alkyl halides is 1. The molecular weight excluding hydrogens is 287 g/mol. The van der Waals surface area contributed by atoms with Crippen LogP contribution in [0.5, 0.6) is 5.75 Å². The molecule has 110 valence electrons. The van der Waals surface area contributed by atoms with Crippen LogP contribution in [0.4, 0.5) is 4.39 Å². The number of halogens is 1. The van der Waals surface area contributed by atoms with Gasteiger partial charge in [0.1, 0.15) is 5.75 Å². The van der Waals surface area contributed by atoms with Crippen LogP contribution in [0.15, 0.2) is 59.5 Å². The molecule has 4 heteroatoms. The van der Waals surface area contributed by atoms with Crippen molar-refractivity contribution >= 4 is 16.9 Å². The summed E-state index contributed by atoms with van der Waals surface area (Å²) in [4.78, 5) is 12.6. The lowest BCUT2D eigenvalue weighted by Gasteiger charge is -2.07. The van der Waals surface area contributed by atoms with Crippen LogP contribution in [0.25, 0.3) is 0 Å². The molecule has 21 heavy (non-hydrogen) atoms. The van der Waals surface area contributed by atoms with Gasteiger partial charge in [0.25, 0.3) is 0 Å². The van der Waals surface area contributed by atoms with Crippen LogP contribution < -0.4 is 4.74 Å². The van der Waals surface area contributed by atoms with Gasteiger partial charge in [0.2, 0.25) is 5.12 Å². The number of aryl methyl sites for hydroxylation is 1. The molecule has 0 unspecified atom stereocenters. The maximum absolute atomic E-state index is 13.9. The van der Waals surface area contributed by atoms with Gasteiger partial charge in [-0.25, -0.2) is 4.39 Å². The molecule has 0 spiro atoms. The van der Waals surface area contributed by atoms with Gasteiger partial charge in [-0.05, 0) is 54.4 Å². The molecule has 2 aromatic rings. The molecule has 0 aliphatic heterocycles. The van der Waals surface area contributed by atoms with Gasteiger partial charge in [0.15, 0.2) is 6.17 Å². The fourth-order valence-electron chi connectivity index (χ4n) is 1.88. The van der Waals surface area contributed by atoms with Crippen LogP contribution in [0.2, 0.25) is 0 Å². The molecule has 0 saturated heterocycles. The topological polar surface area (TPSA) is 26.3 Å². The van der Waals surface area contributed by atoms with Gasteiger partial charge in [-0.2, -0.15) is 0 Å². The average Bonchev–Trinajstić information content (AvgIpc) is 2.54. The van der Waals surface area contributed by atoms with Crippen LogP contribution >= 0.6 is 11.8 Å². The Hall–Kier alpha value is -1.81. The second-order valence-electron chi connectivity index (χ2n) is 4.59. The monoisotopic (exact) mass is 304 g/mol. The summed E-state index contributed by atoms with van der Waals surface area (Å²) in [5.41, 5.74) is 1.04. The molecule has 0 aliphatic rings. The van der Waals surface area contributed by atoms with Gasteiger partial charge in [0.05, 0.1) is 7.11 Å². The van der Waals surface area contributed by atoms with E-state index in [1.807, 2.05) is 30.3 Å². The highest BCUT2D eigenvalue weighted by atomic mass is 32.2. The Kier molecular flexibility index (Phi) is 5.81. The molecule has 0 saturated carbocycles. The predicted molar refractivity (Wildman–Crippen MR) is 83.5 cm³/mol. The van der Waals surface area contributed by atoms with E-state index in [9.17, 15) is 9.18 Å². The van der Waals surface area contributed by atoms with Gasteiger partial charge in [-0.15, -0.1) is 0 Å². The summed E-state index contributed by atoms with van der Waals surface area (Å²) in [5, 5.41) is -0.448. The zero-order chi connectivity index (χ0) is 15.1. The number of carbonyl (C=O) groups is 1. The lowest BCUT2D eigenvalue weighted by Crippen LogP contribution is -2.12. The van der Waals surface area contributed by atoms with Crippen molar-refractivity contribution in [2.75, 3.05) is 7.11 Å². The summed E-state index contributed by atoms with van der Waals surface area (Å²) in [7, 11) is 1.58. The summed E-state index contributed by atoms with van der Waals surface area (Å²) < 4.78 is 19.0. The molecular formula is C17H17FO2S. The number of methoxy groups -OCH3 is 1. The minimum absolute atomic E-state index is 0.214. The molecule has 0 radical (unpaired) electrons. The normalized spacial score (nSPS) is 11.9. The van der Waals surface area contributed by atoms with Crippen molar-refractivity contribution in [2.24, 2.45) is 0 Å². The third-order valence-corrected chi connectivity index (χ3v) is 4.03. The minimum Gasteiger partial charge on any atom is -0.497 e. The quantitative estimate of drug-likeness (QED) is 0.745. The Morgan fingerprint density at radius 1 is 1.14 bits per heavy atom. The number of carbonyl (C=O) groups excluding carboxylic acids is 1. The van der Waals surface area contributed by atoms with E-state index < -0.39 is 11.3 Å². The highest BCUT2D eigenvalue weighted by Crippen LogP contribution is 2.25. The summed E-state index contributed by atoms with van der Waals surface area (Å²) in [6.45, 7) is 0. The molecule has 2 nitrogen and oxygen atoms in total. The van der Waals surface area contributed by atoms with E-state index in [0.29, 0.717) is 12.2 Å². The Labute approximate surface area is 128 Å². The molecule has 0 fully saturated rings. The van der Waals surface area contributed by atoms with E-state index in [0.717, 1.165) is 22.2 Å². The maximum atomic E-state index is 13.9. The van der Waals surface area contributed by atoms with Gasteiger partial charge >= 0.3 is 0 Å². The lowest BCUT2D eigenvalue weighted by atomic mass is 10.1. The molecule has 0 heterocycles. The Balaban J connectivity index is 1.84. The summed E-state index contributed by atoms with van der Waals surface area (Å²) in [6.07, 6.45) is -0.666. The molecule has 2 rings (SSSR count). The van der Waals surface area contributed by atoms with E-state index >= 15 is 0 Å². The van der Waals surface area contributed by atoms with Crippen molar-refractivity contribution in [3.63, 3.8) is 0 Å². The first-order chi connectivity index (χ1) is 10.2. The lowest BCUT2D eigenvalue weighted by molar-refractivity contribution is -0.115. The minimum atomic E-state index is -1.45. The van der Waals surface area contributed by atoms with Crippen molar-refractivity contribution < 1.29 is 13.9 Å². The van der Waals surface area contributed by atoms with Gasteiger partial charge in [0, 0.05) is 4.90 Å². The van der Waals surface area contributed by atoms with Crippen LogP contribution in [-0.4, -0.2) is 18.4 Å². The van der Waals surface area contributed by atoms with Crippen molar-refractivity contribution in [1.82, 2.24) is 0 Å². The van der Waals surface area contributed by atoms with Crippen LogP contribution in [0.1, 0.15) is 12.0 Å². The van der Waals surface area contributed by atoms with Crippen LogP contribution in [0.3, 0.4) is 0 Å². The van der Waals surface area contributed by atoms with E-state index in [-0.39, 0.29) is 6.42 Å². The third-order valence-electron chi connectivity index (χ3n) is 3.06. The molecule has 2 aromatic carbocycles. The van der Waals surface area contributed by atoms with Gasteiger partial charge in [-0.3, -0.25) is 4.79 Å². The first-order valence-electron chi connectivity index (χ1n) is 6.73. The number of ether oxygens (including phenoxy) is 1. The SMILES string of the molecule is COc1ccc(SC(=O)[C@@H](F)CCc2ccccc2)cc1. The van der Waals surface area contributed by atoms with Crippen molar-refractivity contribution in [3.05, 3.63) is 60.2 Å². The molecule has 0 aromatic heterocycles. The molecule has 1 atom stereocenters. The zero-order valence-corrected chi connectivity index (χ0v) is 12.6. The third kappa shape index (κ3) is 4.90. The van der Waals surface area contributed by atoms with E-state index in [1.165, 1.54) is 0 Å². The average molecular weight is 304 g/mol. The highest BCUT2D eigenvalue weighted by molar-refractivity contribution is 8.13. The Morgan fingerprint density at radius 2 is 1.81 bits per heavy atom. The second kappa shape index (κ2) is 7.84. The van der Waals surface area contributed by atoms with Crippen molar-refractivity contribution in [1.29, 1.82) is 0 Å². The smallest absolute Gasteiger partial charge is 0.227 e. The molecule has 0 N–H and O–H groups in total. The summed E-state index contributed by atoms with van der Waals surface area (Å²) >= 11 is 0.937. The van der Waals surface area contributed by atoms with E-state index in [4.69, 9.17) is 4.74 Å². The standard InChI is InChI=1S/C17H17FO2S/c1-20-14-8-10-15(11-9-14)21-17(19)16(18)12-7-13-5-3-2-4-6-13/h2-6,8-11,16H,7,12H2,1H3/t16-/m0/s1. The molecule has 0 aliphatic carbocycles. The first kappa shape index (κ1) is 15.6. The number of thioether (sulfide) groups is 1. The number of hydrogen-bond acceptors (Lipinski definition) is 3. The predicted octanol–water partition coefficient (Wildman–Crippen LogP) is 4.28. The molecule has 0 amide bonds. The Bertz CT molecular complexity index is 569. The fraction of sp³-hybridized carbons (Fsp3) is 0.235. The number of hydrogen-bond donors (Lipinski definition) is 0. The maximum Gasteiger partial charge on any atom is 0.227 e. The Morgan fingerprint density at radius 3 is 2.43 bits per heavy atom. The first-order valence-corrected chi connectivity index (χ1v) is 7.54. The molecule has 0 bridgehead atoms. The van der Waals surface area contributed by atoms with Gasteiger partial charge < -0.3 is 4.74 Å². The second-order valence-corrected chi connectivity index (χ2v) is 5.67. The van der Waals surface area contributed by atoms with Crippen LogP contribution in [-0.2, 0) is 11.2 Å². The van der Waals surface area contributed by atoms with Crippen molar-refractivity contribution in [3.8, 4) is 5.75 Å². The largest absolute Gasteiger partial charge is 0.497 e. The number of benzene rings is 2. The summed E-state index contributed by atoms with van der Waals surface area (Å²) in [6, 6.07) is 16.6. The fourth-order valence-corrected chi connectivity index (χ4v) is 2.63. The highest BCUT2D eigenvalue weighted by Gasteiger charge is 2.18. The zero-order valence-electron chi connectivity index (χ0n) is 11.8. The van der Waals surface area contributed by atoms with E-state index in [2.05, 4.69) is 0 Å². The number of rotatable bonds is 6. The van der Waals surface area contributed by atoms with E-state index in [1.54, 1.807) is 31.4 Å². The van der Waals surface area contributed by atoms with Crippen LogP contribution in [0, 0.1) is 0 Å².